The summed E-state index contributed by atoms with van der Waals surface area (Å²) < 4.78 is 0. The lowest BCUT2D eigenvalue weighted by molar-refractivity contribution is -0.130. The molecule has 0 saturated carbocycles. The second-order valence-electron chi connectivity index (χ2n) is 3.81. The van der Waals surface area contributed by atoms with Crippen molar-refractivity contribution in [3.8, 4) is 6.07 Å². The Labute approximate surface area is 92.5 Å². The fraction of sp³-hybridized carbons (Fsp3) is 0.818. The fourth-order valence-electron chi connectivity index (χ4n) is 1.38. The van der Waals surface area contributed by atoms with Crippen LogP contribution in [-0.2, 0) is 4.79 Å². The van der Waals surface area contributed by atoms with Crippen molar-refractivity contribution >= 4 is 5.91 Å². The first-order valence-electron chi connectivity index (χ1n) is 5.40. The molecule has 0 heterocycles. The molecule has 0 aromatic heterocycles. The van der Waals surface area contributed by atoms with Crippen LogP contribution in [0.15, 0.2) is 0 Å². The summed E-state index contributed by atoms with van der Waals surface area (Å²) in [7, 11) is 3.47. The van der Waals surface area contributed by atoms with Gasteiger partial charge in [-0.2, -0.15) is 5.26 Å². The first-order chi connectivity index (χ1) is 7.06. The Kier molecular flexibility index (Phi) is 6.72. The lowest BCUT2D eigenvalue weighted by atomic mass is 10.2. The van der Waals surface area contributed by atoms with Gasteiger partial charge in [0.05, 0.1) is 18.7 Å². The molecular weight excluding hydrogens is 190 g/mol. The molecule has 1 unspecified atom stereocenters. The number of hydrogen-bond acceptors (Lipinski definition) is 3. The Morgan fingerprint density at radius 2 is 2.00 bits per heavy atom. The van der Waals surface area contributed by atoms with Crippen molar-refractivity contribution in [3.63, 3.8) is 0 Å². The second-order valence-corrected chi connectivity index (χ2v) is 3.81. The molecule has 0 N–H and O–H groups in total. The van der Waals surface area contributed by atoms with Crippen LogP contribution < -0.4 is 0 Å². The van der Waals surface area contributed by atoms with Gasteiger partial charge in [0.15, 0.2) is 0 Å². The zero-order chi connectivity index (χ0) is 11.8. The Morgan fingerprint density at radius 1 is 1.40 bits per heavy atom. The van der Waals surface area contributed by atoms with Crippen molar-refractivity contribution in [3.05, 3.63) is 0 Å². The molecule has 4 heteroatoms. The van der Waals surface area contributed by atoms with Gasteiger partial charge in [0.1, 0.15) is 0 Å². The average molecular weight is 211 g/mol. The molecule has 1 atom stereocenters. The molecule has 0 aliphatic heterocycles. The zero-order valence-corrected chi connectivity index (χ0v) is 10.2. The molecule has 0 aliphatic carbocycles. The van der Waals surface area contributed by atoms with Crippen molar-refractivity contribution in [2.75, 3.05) is 27.2 Å². The molecule has 0 radical (unpaired) electrons. The van der Waals surface area contributed by atoms with Gasteiger partial charge in [-0.15, -0.1) is 0 Å². The minimum Gasteiger partial charge on any atom is -0.348 e. The van der Waals surface area contributed by atoms with E-state index in [0.29, 0.717) is 6.54 Å². The minimum atomic E-state index is -0.145. The Bertz CT molecular complexity index is 232. The maximum Gasteiger partial charge on any atom is 0.236 e. The van der Waals surface area contributed by atoms with Crippen molar-refractivity contribution < 1.29 is 4.79 Å². The van der Waals surface area contributed by atoms with E-state index in [1.54, 1.807) is 19.0 Å². The first kappa shape index (κ1) is 13.9. The van der Waals surface area contributed by atoms with E-state index in [1.165, 1.54) is 0 Å². The third-order valence-electron chi connectivity index (χ3n) is 2.32. The molecule has 0 bridgehead atoms. The zero-order valence-electron chi connectivity index (χ0n) is 10.2. The van der Waals surface area contributed by atoms with Gasteiger partial charge in [-0.1, -0.05) is 13.8 Å². The van der Waals surface area contributed by atoms with Gasteiger partial charge in [-0.25, -0.2) is 0 Å². The molecule has 86 valence electrons. The maximum atomic E-state index is 11.5. The van der Waals surface area contributed by atoms with E-state index in [2.05, 4.69) is 13.0 Å². The van der Waals surface area contributed by atoms with Gasteiger partial charge in [0, 0.05) is 14.1 Å². The summed E-state index contributed by atoms with van der Waals surface area (Å²) >= 11 is 0. The number of amides is 1. The van der Waals surface area contributed by atoms with Crippen LogP contribution in [0, 0.1) is 11.3 Å². The maximum absolute atomic E-state index is 11.5. The fourth-order valence-corrected chi connectivity index (χ4v) is 1.38. The van der Waals surface area contributed by atoms with Crippen LogP contribution in [0.4, 0.5) is 0 Å². The van der Waals surface area contributed by atoms with Crippen LogP contribution in [0.25, 0.3) is 0 Å². The number of likely N-dealkylation sites (N-methyl/N-ethyl adjacent to an activating group) is 1. The molecule has 0 saturated heterocycles. The Morgan fingerprint density at radius 3 is 2.33 bits per heavy atom. The molecule has 0 spiro atoms. The predicted molar refractivity (Wildman–Crippen MR) is 60.3 cm³/mol. The lowest BCUT2D eigenvalue weighted by Gasteiger charge is -2.26. The first-order valence-corrected chi connectivity index (χ1v) is 5.40. The van der Waals surface area contributed by atoms with E-state index in [-0.39, 0.29) is 11.9 Å². The van der Waals surface area contributed by atoms with E-state index in [4.69, 9.17) is 5.26 Å². The summed E-state index contributed by atoms with van der Waals surface area (Å²) in [4.78, 5) is 15.0. The van der Waals surface area contributed by atoms with Crippen LogP contribution in [-0.4, -0.2) is 48.9 Å². The Balaban J connectivity index is 4.39. The van der Waals surface area contributed by atoms with Crippen LogP contribution in [0.1, 0.15) is 26.7 Å². The number of hydrogen-bond donors (Lipinski definition) is 0. The minimum absolute atomic E-state index is 0.0529. The summed E-state index contributed by atoms with van der Waals surface area (Å²) in [5.74, 6) is 0.0529. The number of nitriles is 1. The molecule has 0 aromatic rings. The van der Waals surface area contributed by atoms with Crippen molar-refractivity contribution in [1.29, 1.82) is 5.26 Å². The molecule has 15 heavy (non-hydrogen) atoms. The van der Waals surface area contributed by atoms with Gasteiger partial charge in [0.2, 0.25) is 5.91 Å². The Hall–Kier alpha value is -1.08. The standard InChI is InChI=1S/C11H21N3O/c1-5-7-14(10(6-2)8-12)9-11(15)13(3)4/h10H,5-7,9H2,1-4H3. The summed E-state index contributed by atoms with van der Waals surface area (Å²) in [6.45, 7) is 5.16. The third-order valence-corrected chi connectivity index (χ3v) is 2.32. The highest BCUT2D eigenvalue weighted by Gasteiger charge is 2.18. The number of nitrogens with zero attached hydrogens (tertiary/aromatic N) is 3. The molecule has 0 fully saturated rings. The quantitative estimate of drug-likeness (QED) is 0.660. The summed E-state index contributed by atoms with van der Waals surface area (Å²) in [5, 5.41) is 8.96. The molecular formula is C11H21N3O. The van der Waals surface area contributed by atoms with Gasteiger partial charge >= 0.3 is 0 Å². The van der Waals surface area contributed by atoms with Crippen molar-refractivity contribution in [2.45, 2.75) is 32.7 Å². The monoisotopic (exact) mass is 211 g/mol. The molecule has 0 rings (SSSR count). The van der Waals surface area contributed by atoms with Crippen LogP contribution in [0.3, 0.4) is 0 Å². The SMILES string of the molecule is CCCN(CC(=O)N(C)C)C(C#N)CC. The van der Waals surface area contributed by atoms with Crippen molar-refractivity contribution in [1.82, 2.24) is 9.80 Å². The normalized spacial score (nSPS) is 12.3. The summed E-state index contributed by atoms with van der Waals surface area (Å²) in [5.41, 5.74) is 0. The van der Waals surface area contributed by atoms with E-state index < -0.39 is 0 Å². The average Bonchev–Trinajstić information content (AvgIpc) is 2.19. The van der Waals surface area contributed by atoms with E-state index >= 15 is 0 Å². The molecule has 1 amide bonds. The van der Waals surface area contributed by atoms with Gasteiger partial charge < -0.3 is 4.90 Å². The van der Waals surface area contributed by atoms with Crippen LogP contribution >= 0.6 is 0 Å². The highest BCUT2D eigenvalue weighted by atomic mass is 16.2. The summed E-state index contributed by atoms with van der Waals surface area (Å²) in [6, 6.07) is 2.09. The lowest BCUT2D eigenvalue weighted by Crippen LogP contribution is -2.42. The molecule has 0 aliphatic rings. The second kappa shape index (κ2) is 7.24. The van der Waals surface area contributed by atoms with E-state index in [1.807, 2.05) is 11.8 Å². The molecule has 4 nitrogen and oxygen atoms in total. The number of rotatable bonds is 6. The van der Waals surface area contributed by atoms with E-state index in [0.717, 1.165) is 19.4 Å². The highest BCUT2D eigenvalue weighted by molar-refractivity contribution is 5.77. The smallest absolute Gasteiger partial charge is 0.236 e. The van der Waals surface area contributed by atoms with Crippen LogP contribution in [0.2, 0.25) is 0 Å². The highest BCUT2D eigenvalue weighted by Crippen LogP contribution is 2.04. The van der Waals surface area contributed by atoms with E-state index in [9.17, 15) is 4.79 Å². The number of carbonyl (C=O) groups excluding carboxylic acids is 1. The van der Waals surface area contributed by atoms with Crippen molar-refractivity contribution in [2.24, 2.45) is 0 Å². The predicted octanol–water partition coefficient (Wildman–Crippen LogP) is 1.09. The third kappa shape index (κ3) is 4.80. The summed E-state index contributed by atoms with van der Waals surface area (Å²) in [6.07, 6.45) is 1.72. The van der Waals surface area contributed by atoms with Gasteiger partial charge in [-0.3, -0.25) is 9.69 Å². The topological polar surface area (TPSA) is 47.3 Å². The number of carbonyl (C=O) groups is 1. The largest absolute Gasteiger partial charge is 0.348 e. The van der Waals surface area contributed by atoms with Gasteiger partial charge in [-0.05, 0) is 19.4 Å². The molecule has 0 aromatic carbocycles. The van der Waals surface area contributed by atoms with Crippen LogP contribution in [0.5, 0.6) is 0 Å². The van der Waals surface area contributed by atoms with Gasteiger partial charge in [0.25, 0.3) is 0 Å².